The van der Waals surface area contributed by atoms with Gasteiger partial charge in [0.05, 0.1) is 0 Å². The lowest BCUT2D eigenvalue weighted by molar-refractivity contribution is 0.0667. The largest absolute Gasteiger partial charge is 0.476 e. The fraction of sp³-hybridized carbons (Fsp3) is 0.167. The summed E-state index contributed by atoms with van der Waals surface area (Å²) in [6, 6.07) is 0.531. The Bertz CT molecular complexity index is 473. The summed E-state index contributed by atoms with van der Waals surface area (Å²) in [4.78, 5) is 31.3. The molecule has 0 amide bonds. The molecule has 0 aliphatic rings. The van der Waals surface area contributed by atoms with Crippen molar-refractivity contribution in [1.29, 1.82) is 0 Å². The topological polar surface area (TPSA) is 81.3 Å². The van der Waals surface area contributed by atoms with Crippen LogP contribution in [0.1, 0.15) is 10.5 Å². The van der Waals surface area contributed by atoms with Crippen molar-refractivity contribution in [3.05, 3.63) is 32.6 Å². The Balaban J connectivity index is 3.70. The summed E-state index contributed by atoms with van der Waals surface area (Å²) in [5.41, 5.74) is -3.16. The van der Waals surface area contributed by atoms with Gasteiger partial charge in [0.15, 0.2) is 5.69 Å². The number of rotatable bonds is 1. The normalized spacial score (nSPS) is 10.0. The van der Waals surface area contributed by atoms with E-state index in [1.807, 2.05) is 0 Å². The summed E-state index contributed by atoms with van der Waals surface area (Å²) in [7, 11) is 1.05. The second-order valence-electron chi connectivity index (χ2n) is 2.30. The third-order valence-corrected chi connectivity index (χ3v) is 1.48. The zero-order valence-corrected chi connectivity index (χ0v) is 6.52. The molecule has 0 spiro atoms. The number of carboxylic acids is 1. The molecule has 0 radical (unpaired) electrons. The summed E-state index contributed by atoms with van der Waals surface area (Å²) in [6.07, 6.45) is 0. The molecule has 0 saturated carbocycles. The number of aromatic nitrogens is 2. The molecule has 1 aromatic rings. The lowest BCUT2D eigenvalue weighted by atomic mass is 10.4. The predicted octanol–water partition coefficient (Wildman–Crippen LogP) is -1.02. The molecular weight excluding hydrogens is 183 g/mol. The number of nitrogens with zero attached hydrogens (tertiary/aromatic N) is 2. The molecule has 0 aliphatic carbocycles. The molecule has 1 aromatic heterocycles. The Kier molecular flexibility index (Phi) is 2.01. The minimum Gasteiger partial charge on any atom is -0.476 e. The minimum atomic E-state index is -1.67. The van der Waals surface area contributed by atoms with Gasteiger partial charge in [0.25, 0.3) is 5.56 Å². The van der Waals surface area contributed by atoms with Gasteiger partial charge in [0.1, 0.15) is 0 Å². The highest BCUT2D eigenvalue weighted by molar-refractivity contribution is 5.85. The van der Waals surface area contributed by atoms with Gasteiger partial charge in [-0.3, -0.25) is 9.36 Å². The van der Waals surface area contributed by atoms with E-state index in [-0.39, 0.29) is 0 Å². The Hall–Kier alpha value is -1.92. The second-order valence-corrected chi connectivity index (χ2v) is 2.30. The van der Waals surface area contributed by atoms with Crippen LogP contribution in [0, 0.1) is 0 Å². The first-order valence-electron chi connectivity index (χ1n) is 3.17. The number of carbonyl (C=O) groups is 1. The molecule has 0 atom stereocenters. The second kappa shape index (κ2) is 2.85. The van der Waals surface area contributed by atoms with Crippen molar-refractivity contribution in [3.63, 3.8) is 0 Å². The molecule has 0 aromatic carbocycles. The van der Waals surface area contributed by atoms with Gasteiger partial charge < -0.3 is 5.11 Å². The Morgan fingerprint density at radius 1 is 1.54 bits per heavy atom. The number of carboxylic acid groups (broad SMARTS) is 1. The minimum absolute atomic E-state index is 0.465. The van der Waals surface area contributed by atoms with Crippen LogP contribution < -0.4 is 11.2 Å². The first kappa shape index (κ1) is 9.17. The molecular formula is C6H5FN2O4. The highest BCUT2D eigenvalue weighted by Crippen LogP contribution is 1.91. The van der Waals surface area contributed by atoms with Gasteiger partial charge in [-0.1, -0.05) is 4.48 Å². The highest BCUT2D eigenvalue weighted by atomic mass is 19.2. The zero-order valence-electron chi connectivity index (χ0n) is 6.52. The average molecular weight is 188 g/mol. The molecule has 0 saturated heterocycles. The predicted molar refractivity (Wildman–Crippen MR) is 39.4 cm³/mol. The molecule has 1 N–H and O–H groups in total. The smallest absolute Gasteiger partial charge is 0.359 e. The van der Waals surface area contributed by atoms with Crippen LogP contribution in [-0.2, 0) is 7.05 Å². The molecule has 0 unspecified atom stereocenters. The van der Waals surface area contributed by atoms with Crippen LogP contribution in [0.25, 0.3) is 0 Å². The number of halogens is 1. The van der Waals surface area contributed by atoms with E-state index in [0.29, 0.717) is 10.6 Å². The molecule has 70 valence electrons. The van der Waals surface area contributed by atoms with E-state index in [2.05, 4.69) is 0 Å². The highest BCUT2D eigenvalue weighted by Gasteiger charge is 2.14. The van der Waals surface area contributed by atoms with Crippen LogP contribution in [0.5, 0.6) is 0 Å². The lowest BCUT2D eigenvalue weighted by Crippen LogP contribution is -2.37. The quantitative estimate of drug-likeness (QED) is 0.611. The zero-order chi connectivity index (χ0) is 10.2. The Morgan fingerprint density at radius 3 is 2.54 bits per heavy atom. The summed E-state index contributed by atoms with van der Waals surface area (Å²) in [6.45, 7) is 0. The SMILES string of the molecule is Cn1c(=O)cc(C(=O)O)n(F)c1=O. The van der Waals surface area contributed by atoms with Gasteiger partial charge in [0.2, 0.25) is 0 Å². The van der Waals surface area contributed by atoms with Gasteiger partial charge in [-0.05, 0) is 0 Å². The van der Waals surface area contributed by atoms with Crippen molar-refractivity contribution in [1.82, 2.24) is 9.36 Å². The maximum Gasteiger partial charge on any atom is 0.359 e. The fourth-order valence-electron chi connectivity index (χ4n) is 0.745. The van der Waals surface area contributed by atoms with Crippen molar-refractivity contribution in [2.75, 3.05) is 0 Å². The van der Waals surface area contributed by atoms with Crippen LogP contribution in [0.15, 0.2) is 15.7 Å². The van der Waals surface area contributed by atoms with Crippen LogP contribution in [0.2, 0.25) is 0 Å². The lowest BCUT2D eigenvalue weighted by Gasteiger charge is -2.00. The van der Waals surface area contributed by atoms with Gasteiger partial charge in [-0.25, -0.2) is 9.59 Å². The molecule has 1 rings (SSSR count). The maximum atomic E-state index is 12.8. The van der Waals surface area contributed by atoms with Gasteiger partial charge in [0, 0.05) is 13.1 Å². The van der Waals surface area contributed by atoms with E-state index < -0.39 is 27.7 Å². The van der Waals surface area contributed by atoms with Crippen LogP contribution in [0.4, 0.5) is 4.48 Å². The summed E-state index contributed by atoms with van der Waals surface area (Å²) < 4.78 is 13.2. The van der Waals surface area contributed by atoms with Gasteiger partial charge in [-0.15, -0.1) is 4.79 Å². The van der Waals surface area contributed by atoms with Crippen molar-refractivity contribution < 1.29 is 14.4 Å². The van der Waals surface area contributed by atoms with E-state index in [1.54, 1.807) is 0 Å². The first-order valence-corrected chi connectivity index (χ1v) is 3.17. The average Bonchev–Trinajstić information content (AvgIpc) is 2.07. The Morgan fingerprint density at radius 2 is 2.08 bits per heavy atom. The molecule has 7 heteroatoms. The summed E-state index contributed by atoms with van der Waals surface area (Å²) in [5, 5.41) is 8.36. The third-order valence-electron chi connectivity index (χ3n) is 1.48. The van der Waals surface area contributed by atoms with Crippen LogP contribution in [-0.4, -0.2) is 20.4 Å². The van der Waals surface area contributed by atoms with E-state index in [4.69, 9.17) is 5.11 Å². The first-order chi connectivity index (χ1) is 5.95. The number of hydrogen-bond acceptors (Lipinski definition) is 3. The summed E-state index contributed by atoms with van der Waals surface area (Å²) in [5.74, 6) is -1.67. The van der Waals surface area contributed by atoms with Gasteiger partial charge in [-0.2, -0.15) is 0 Å². The fourth-order valence-corrected chi connectivity index (χ4v) is 0.745. The van der Waals surface area contributed by atoms with E-state index in [1.165, 1.54) is 0 Å². The molecule has 0 bridgehead atoms. The summed E-state index contributed by atoms with van der Waals surface area (Å²) >= 11 is 0. The van der Waals surface area contributed by atoms with E-state index in [0.717, 1.165) is 7.05 Å². The molecule has 13 heavy (non-hydrogen) atoms. The van der Waals surface area contributed by atoms with Crippen LogP contribution in [0.3, 0.4) is 0 Å². The van der Waals surface area contributed by atoms with Crippen molar-refractivity contribution in [3.8, 4) is 0 Å². The Labute approximate surface area is 70.4 Å². The molecule has 1 heterocycles. The van der Waals surface area contributed by atoms with Crippen molar-refractivity contribution >= 4 is 5.97 Å². The maximum absolute atomic E-state index is 12.8. The van der Waals surface area contributed by atoms with E-state index in [9.17, 15) is 18.9 Å². The standard InChI is InChI=1S/C6H5FN2O4/c1-8-4(10)2-3(5(11)12)9(7)6(8)13/h2H,1H3,(H,11,12). The monoisotopic (exact) mass is 188 g/mol. The van der Waals surface area contributed by atoms with Crippen LogP contribution >= 0.6 is 0 Å². The molecule has 6 nitrogen and oxygen atoms in total. The van der Waals surface area contributed by atoms with E-state index >= 15 is 0 Å². The number of aromatic carboxylic acids is 1. The van der Waals surface area contributed by atoms with Gasteiger partial charge >= 0.3 is 11.7 Å². The van der Waals surface area contributed by atoms with Crippen molar-refractivity contribution in [2.24, 2.45) is 7.05 Å². The molecule has 0 aliphatic heterocycles. The number of hydrogen-bond donors (Lipinski definition) is 1. The van der Waals surface area contributed by atoms with Crippen molar-refractivity contribution in [2.45, 2.75) is 0 Å². The molecule has 0 fully saturated rings. The third kappa shape index (κ3) is 1.35.